The Bertz CT molecular complexity index is 1000. The summed E-state index contributed by atoms with van der Waals surface area (Å²) in [5.41, 5.74) is 2.95. The van der Waals surface area contributed by atoms with Gasteiger partial charge in [0.25, 0.3) is 0 Å². The standard InChI is InChI=1S/C26H30N4O3/c31-24(28-19-21-10-12-22(13-11-21)30-16-5-9-25(30)32)18-23-26(33)27-14-17-29(23)15-4-8-20-6-2-1-3-7-20/h1-4,6-8,10-13,23H,5,9,14-19H2,(H,27,33)(H,28,31)/b8-4+. The van der Waals surface area contributed by atoms with Crippen molar-refractivity contribution in [3.8, 4) is 0 Å². The lowest BCUT2D eigenvalue weighted by atomic mass is 10.1. The van der Waals surface area contributed by atoms with Crippen molar-refractivity contribution in [1.82, 2.24) is 15.5 Å². The SMILES string of the molecule is O=C(CC1C(=O)NCCN1C/C=C/c1ccccc1)NCc1ccc(N2CCCC2=O)cc1. The molecular formula is C26H30N4O3. The van der Waals surface area contributed by atoms with Crippen LogP contribution in [-0.2, 0) is 20.9 Å². The molecular weight excluding hydrogens is 416 g/mol. The molecule has 2 heterocycles. The molecule has 0 saturated carbocycles. The Labute approximate surface area is 194 Å². The Morgan fingerprint density at radius 2 is 1.85 bits per heavy atom. The monoisotopic (exact) mass is 446 g/mol. The first-order valence-corrected chi connectivity index (χ1v) is 11.5. The Hall–Kier alpha value is -3.45. The average molecular weight is 447 g/mol. The number of nitrogens with one attached hydrogen (secondary N) is 2. The molecule has 2 aromatic carbocycles. The number of amides is 3. The van der Waals surface area contributed by atoms with Crippen LogP contribution in [0.4, 0.5) is 5.69 Å². The number of hydrogen-bond acceptors (Lipinski definition) is 4. The molecule has 0 radical (unpaired) electrons. The normalized spacial score (nSPS) is 19.2. The molecule has 2 fully saturated rings. The molecule has 2 aliphatic heterocycles. The van der Waals surface area contributed by atoms with Crippen LogP contribution in [0.3, 0.4) is 0 Å². The van der Waals surface area contributed by atoms with Gasteiger partial charge < -0.3 is 15.5 Å². The van der Waals surface area contributed by atoms with Crippen molar-refractivity contribution in [2.24, 2.45) is 0 Å². The van der Waals surface area contributed by atoms with E-state index in [0.717, 1.165) is 29.8 Å². The van der Waals surface area contributed by atoms with Gasteiger partial charge in [0.15, 0.2) is 0 Å². The topological polar surface area (TPSA) is 81.8 Å². The first kappa shape index (κ1) is 22.7. The fourth-order valence-electron chi connectivity index (χ4n) is 4.25. The van der Waals surface area contributed by atoms with E-state index < -0.39 is 6.04 Å². The summed E-state index contributed by atoms with van der Waals surface area (Å²) in [5.74, 6) is -0.109. The van der Waals surface area contributed by atoms with Gasteiger partial charge >= 0.3 is 0 Å². The van der Waals surface area contributed by atoms with Crippen LogP contribution in [-0.4, -0.2) is 54.8 Å². The van der Waals surface area contributed by atoms with Crippen molar-refractivity contribution in [3.63, 3.8) is 0 Å². The van der Waals surface area contributed by atoms with Crippen LogP contribution < -0.4 is 15.5 Å². The zero-order valence-electron chi connectivity index (χ0n) is 18.7. The van der Waals surface area contributed by atoms with Crippen LogP contribution in [0.15, 0.2) is 60.7 Å². The lowest BCUT2D eigenvalue weighted by Gasteiger charge is -2.33. The number of nitrogens with zero attached hydrogens (tertiary/aromatic N) is 2. The molecule has 3 amide bonds. The van der Waals surface area contributed by atoms with Gasteiger partial charge in [-0.1, -0.05) is 54.6 Å². The zero-order valence-corrected chi connectivity index (χ0v) is 18.7. The highest BCUT2D eigenvalue weighted by atomic mass is 16.2. The van der Waals surface area contributed by atoms with E-state index in [1.165, 1.54) is 0 Å². The predicted octanol–water partition coefficient (Wildman–Crippen LogP) is 2.33. The van der Waals surface area contributed by atoms with E-state index in [-0.39, 0.29) is 24.1 Å². The Morgan fingerprint density at radius 3 is 2.58 bits per heavy atom. The third kappa shape index (κ3) is 6.08. The third-order valence-electron chi connectivity index (χ3n) is 6.08. The Kier molecular flexibility index (Phi) is 7.52. The maximum Gasteiger partial charge on any atom is 0.237 e. The molecule has 7 nitrogen and oxygen atoms in total. The lowest BCUT2D eigenvalue weighted by Crippen LogP contribution is -2.56. The molecule has 1 atom stereocenters. The maximum atomic E-state index is 12.6. The van der Waals surface area contributed by atoms with Crippen LogP contribution in [0.1, 0.15) is 30.4 Å². The number of anilines is 1. The minimum Gasteiger partial charge on any atom is -0.353 e. The van der Waals surface area contributed by atoms with Gasteiger partial charge in [-0.3, -0.25) is 19.3 Å². The lowest BCUT2D eigenvalue weighted by molar-refractivity contribution is -0.133. The third-order valence-corrected chi connectivity index (χ3v) is 6.08. The summed E-state index contributed by atoms with van der Waals surface area (Å²) >= 11 is 0. The molecule has 0 bridgehead atoms. The maximum absolute atomic E-state index is 12.6. The molecule has 0 aliphatic carbocycles. The summed E-state index contributed by atoms with van der Waals surface area (Å²) in [6, 6.07) is 17.2. The highest BCUT2D eigenvalue weighted by Crippen LogP contribution is 2.21. The zero-order chi connectivity index (χ0) is 23.0. The molecule has 0 aromatic heterocycles. The van der Waals surface area contributed by atoms with Gasteiger partial charge in [0.05, 0.1) is 12.5 Å². The number of carbonyl (C=O) groups is 3. The molecule has 2 aliphatic rings. The summed E-state index contributed by atoms with van der Waals surface area (Å²) in [6.45, 7) is 3.04. The van der Waals surface area contributed by atoms with Crippen LogP contribution in [0.2, 0.25) is 0 Å². The fraction of sp³-hybridized carbons (Fsp3) is 0.346. The number of carbonyl (C=O) groups excluding carboxylic acids is 3. The van der Waals surface area contributed by atoms with Crippen molar-refractivity contribution in [2.75, 3.05) is 31.1 Å². The van der Waals surface area contributed by atoms with Crippen LogP contribution in [0.25, 0.3) is 6.08 Å². The molecule has 7 heteroatoms. The van der Waals surface area contributed by atoms with E-state index in [1.54, 1.807) is 4.90 Å². The van der Waals surface area contributed by atoms with Crippen molar-refractivity contribution in [3.05, 3.63) is 71.8 Å². The first-order chi connectivity index (χ1) is 16.1. The molecule has 4 rings (SSSR count). The molecule has 33 heavy (non-hydrogen) atoms. The fourth-order valence-corrected chi connectivity index (χ4v) is 4.25. The first-order valence-electron chi connectivity index (χ1n) is 11.5. The molecule has 2 saturated heterocycles. The summed E-state index contributed by atoms with van der Waals surface area (Å²) in [4.78, 5) is 40.8. The largest absolute Gasteiger partial charge is 0.353 e. The molecule has 2 aromatic rings. The second-order valence-corrected chi connectivity index (χ2v) is 8.41. The molecule has 172 valence electrons. The summed E-state index contributed by atoms with van der Waals surface area (Å²) in [6.07, 6.45) is 5.68. The van der Waals surface area contributed by atoms with Crippen molar-refractivity contribution in [1.29, 1.82) is 0 Å². The predicted molar refractivity (Wildman–Crippen MR) is 128 cm³/mol. The van der Waals surface area contributed by atoms with Crippen molar-refractivity contribution < 1.29 is 14.4 Å². The quantitative estimate of drug-likeness (QED) is 0.652. The van der Waals surface area contributed by atoms with Crippen molar-refractivity contribution in [2.45, 2.75) is 31.8 Å². The van der Waals surface area contributed by atoms with E-state index in [2.05, 4.69) is 10.6 Å². The van der Waals surface area contributed by atoms with Gasteiger partial charge in [-0.2, -0.15) is 0 Å². The minimum absolute atomic E-state index is 0.107. The highest BCUT2D eigenvalue weighted by Gasteiger charge is 2.30. The molecule has 1 unspecified atom stereocenters. The van der Waals surface area contributed by atoms with Gasteiger partial charge in [0.2, 0.25) is 17.7 Å². The number of hydrogen-bond donors (Lipinski definition) is 2. The van der Waals surface area contributed by atoms with Crippen molar-refractivity contribution >= 4 is 29.5 Å². The second-order valence-electron chi connectivity index (χ2n) is 8.41. The summed E-state index contributed by atoms with van der Waals surface area (Å²) < 4.78 is 0. The van der Waals surface area contributed by atoms with Crippen LogP contribution in [0.5, 0.6) is 0 Å². The highest BCUT2D eigenvalue weighted by molar-refractivity contribution is 5.95. The summed E-state index contributed by atoms with van der Waals surface area (Å²) in [5, 5.41) is 5.79. The van der Waals surface area contributed by atoms with Gasteiger partial charge in [-0.05, 0) is 29.7 Å². The Balaban J connectivity index is 1.28. The number of piperazine rings is 1. The number of benzene rings is 2. The van der Waals surface area contributed by atoms with E-state index in [4.69, 9.17) is 0 Å². The molecule has 2 N–H and O–H groups in total. The van der Waals surface area contributed by atoms with Gasteiger partial charge in [0, 0.05) is 44.8 Å². The van der Waals surface area contributed by atoms with E-state index in [9.17, 15) is 14.4 Å². The summed E-state index contributed by atoms with van der Waals surface area (Å²) in [7, 11) is 0. The average Bonchev–Trinajstić information content (AvgIpc) is 3.26. The van der Waals surface area contributed by atoms with Gasteiger partial charge in [-0.25, -0.2) is 0 Å². The van der Waals surface area contributed by atoms with Crippen LogP contribution >= 0.6 is 0 Å². The van der Waals surface area contributed by atoms with E-state index in [1.807, 2.05) is 71.6 Å². The van der Waals surface area contributed by atoms with Crippen LogP contribution in [0, 0.1) is 0 Å². The number of rotatable bonds is 8. The minimum atomic E-state index is -0.484. The van der Waals surface area contributed by atoms with Gasteiger partial charge in [0.1, 0.15) is 0 Å². The second kappa shape index (κ2) is 10.9. The smallest absolute Gasteiger partial charge is 0.237 e. The van der Waals surface area contributed by atoms with E-state index >= 15 is 0 Å². The molecule has 0 spiro atoms. The van der Waals surface area contributed by atoms with Gasteiger partial charge in [-0.15, -0.1) is 0 Å². The Morgan fingerprint density at radius 1 is 1.06 bits per heavy atom. The van der Waals surface area contributed by atoms with E-state index in [0.29, 0.717) is 32.6 Å².